The van der Waals surface area contributed by atoms with Gasteiger partial charge in [0.25, 0.3) is 5.69 Å². The number of alkyl halides is 2. The minimum absolute atomic E-state index is 0.0240. The first-order valence-electron chi connectivity index (χ1n) is 8.41. The largest absolute Gasteiger partial charge is 0.378 e. The van der Waals surface area contributed by atoms with Crippen LogP contribution in [0.5, 0.6) is 0 Å². The van der Waals surface area contributed by atoms with E-state index in [1.165, 1.54) is 6.07 Å². The van der Waals surface area contributed by atoms with Crippen LogP contribution in [0.3, 0.4) is 0 Å². The van der Waals surface area contributed by atoms with Gasteiger partial charge in [0.1, 0.15) is 5.69 Å². The molecule has 0 aromatic heterocycles. The highest BCUT2D eigenvalue weighted by atomic mass is 32.2. The fourth-order valence-electron chi connectivity index (χ4n) is 3.89. The Hall–Kier alpha value is -1.81. The Balaban J connectivity index is 1.86. The average Bonchev–Trinajstić information content (AvgIpc) is 2.51. The summed E-state index contributed by atoms with van der Waals surface area (Å²) in [4.78, 5) is 9.80. The van der Waals surface area contributed by atoms with E-state index in [0.29, 0.717) is 19.1 Å². The predicted molar refractivity (Wildman–Crippen MR) is 90.0 cm³/mol. The maximum Gasteiger partial charge on any atom is 0.341 e. The lowest BCUT2D eigenvalue weighted by Crippen LogP contribution is -2.64. The van der Waals surface area contributed by atoms with E-state index >= 15 is 0 Å². The molecule has 1 aromatic rings. The second-order valence-electron chi connectivity index (χ2n) is 6.71. The zero-order chi connectivity index (χ0) is 19.1. The second kappa shape index (κ2) is 6.73. The lowest BCUT2D eigenvalue weighted by atomic mass is 9.51. The fraction of sp³-hybridized carbons (Fsp3) is 0.625. The Morgan fingerprint density at radius 1 is 1.42 bits per heavy atom. The summed E-state index contributed by atoms with van der Waals surface area (Å²) < 4.78 is 54.3. The molecule has 0 bridgehead atoms. The van der Waals surface area contributed by atoms with E-state index in [-0.39, 0.29) is 23.2 Å². The van der Waals surface area contributed by atoms with Gasteiger partial charge in [-0.2, -0.15) is 8.78 Å². The van der Waals surface area contributed by atoms with Crippen LogP contribution in [0, 0.1) is 15.5 Å². The Morgan fingerprint density at radius 3 is 2.62 bits per heavy atom. The van der Waals surface area contributed by atoms with Crippen LogP contribution in [0.4, 0.5) is 20.2 Å². The summed E-state index contributed by atoms with van der Waals surface area (Å²) in [5.74, 6) is -3.63. The molecule has 2 atom stereocenters. The van der Waals surface area contributed by atoms with Crippen LogP contribution in [0.25, 0.3) is 0 Å². The number of nitro benzene ring substituents is 1. The van der Waals surface area contributed by atoms with Crippen molar-refractivity contribution in [2.75, 3.05) is 11.9 Å². The predicted octanol–water partition coefficient (Wildman–Crippen LogP) is 3.35. The molecule has 0 radical (unpaired) electrons. The van der Waals surface area contributed by atoms with Crippen LogP contribution in [0.2, 0.25) is 0 Å². The van der Waals surface area contributed by atoms with Crippen molar-refractivity contribution in [1.29, 1.82) is 0 Å². The molecule has 0 saturated heterocycles. The van der Waals surface area contributed by atoms with Crippen LogP contribution in [-0.2, 0) is 14.6 Å². The third-order valence-corrected chi connectivity index (χ3v) is 6.88. The maximum absolute atomic E-state index is 12.7. The van der Waals surface area contributed by atoms with E-state index in [9.17, 15) is 27.3 Å². The highest BCUT2D eigenvalue weighted by Crippen LogP contribution is 2.58. The minimum atomic E-state index is -4.89. The number of nitro groups is 1. The molecule has 1 aromatic carbocycles. The highest BCUT2D eigenvalue weighted by molar-refractivity contribution is 7.91. The summed E-state index contributed by atoms with van der Waals surface area (Å²) in [6.07, 6.45) is 3.79. The van der Waals surface area contributed by atoms with Gasteiger partial charge in [-0.15, -0.1) is 0 Å². The van der Waals surface area contributed by atoms with Crippen molar-refractivity contribution in [3.8, 4) is 0 Å². The molecule has 2 aliphatic rings. The first-order valence-corrected chi connectivity index (χ1v) is 9.95. The number of benzene rings is 1. The van der Waals surface area contributed by atoms with E-state index < -0.39 is 31.1 Å². The molecule has 10 heteroatoms. The minimum Gasteiger partial charge on any atom is -0.378 e. The molecule has 2 saturated carbocycles. The lowest BCUT2D eigenvalue weighted by Gasteiger charge is -2.61. The molecule has 144 valence electrons. The van der Waals surface area contributed by atoms with Gasteiger partial charge in [0.05, 0.1) is 15.9 Å². The number of hydrogen-bond acceptors (Lipinski definition) is 6. The molecule has 1 spiro atoms. The van der Waals surface area contributed by atoms with E-state index in [2.05, 4.69) is 5.32 Å². The number of nitrogens with zero attached hydrogens (tertiary/aromatic N) is 1. The first kappa shape index (κ1) is 19.0. The second-order valence-corrected chi connectivity index (χ2v) is 8.62. The molecule has 2 fully saturated rings. The van der Waals surface area contributed by atoms with Gasteiger partial charge < -0.3 is 10.1 Å². The van der Waals surface area contributed by atoms with Gasteiger partial charge in [0, 0.05) is 24.1 Å². The van der Waals surface area contributed by atoms with Crippen molar-refractivity contribution in [1.82, 2.24) is 0 Å². The molecule has 3 rings (SSSR count). The number of sulfone groups is 1. The smallest absolute Gasteiger partial charge is 0.341 e. The van der Waals surface area contributed by atoms with E-state index in [4.69, 9.17) is 4.74 Å². The van der Waals surface area contributed by atoms with Crippen LogP contribution < -0.4 is 5.32 Å². The SMILES string of the molecule is CCOC1CC(Nc2ccc(S(=O)(=O)C(F)F)cc2[N+](=O)[O-])C12CCC2. The third-order valence-electron chi connectivity index (χ3n) is 5.50. The summed E-state index contributed by atoms with van der Waals surface area (Å²) in [5, 5.41) is 14.4. The quantitative estimate of drug-likeness (QED) is 0.566. The fourth-order valence-corrected chi connectivity index (χ4v) is 4.63. The summed E-state index contributed by atoms with van der Waals surface area (Å²) in [6.45, 7) is 2.51. The lowest BCUT2D eigenvalue weighted by molar-refractivity contribution is -0.384. The Bertz CT molecular complexity index is 811. The Kier molecular flexibility index (Phi) is 4.91. The maximum atomic E-state index is 12.7. The number of nitrogens with one attached hydrogen (secondary N) is 1. The van der Waals surface area contributed by atoms with Gasteiger partial charge in [0.15, 0.2) is 0 Å². The molecule has 0 amide bonds. The summed E-state index contributed by atoms with van der Waals surface area (Å²) >= 11 is 0. The van der Waals surface area contributed by atoms with E-state index in [1.807, 2.05) is 6.92 Å². The zero-order valence-electron chi connectivity index (χ0n) is 14.2. The monoisotopic (exact) mass is 390 g/mol. The van der Waals surface area contributed by atoms with Gasteiger partial charge in [0.2, 0.25) is 9.84 Å². The van der Waals surface area contributed by atoms with Crippen molar-refractivity contribution in [3.05, 3.63) is 28.3 Å². The van der Waals surface area contributed by atoms with Crippen LogP contribution in [0.15, 0.2) is 23.1 Å². The number of halogens is 2. The number of anilines is 1. The van der Waals surface area contributed by atoms with Gasteiger partial charge >= 0.3 is 5.76 Å². The van der Waals surface area contributed by atoms with E-state index in [1.54, 1.807) is 0 Å². The van der Waals surface area contributed by atoms with Crippen molar-refractivity contribution in [3.63, 3.8) is 0 Å². The van der Waals surface area contributed by atoms with Crippen LogP contribution >= 0.6 is 0 Å². The standard InChI is InChI=1S/C16H20F2N2O5S/c1-2-25-14-9-13(16(14)6-3-7-16)19-11-5-4-10(8-12(11)20(21)22)26(23,24)15(17)18/h4-5,8,13-15,19H,2-3,6-7,9H2,1H3. The Labute approximate surface area is 149 Å². The molecule has 2 aliphatic carbocycles. The van der Waals surface area contributed by atoms with Gasteiger partial charge in [-0.25, -0.2) is 8.42 Å². The molecular weight excluding hydrogens is 370 g/mol. The van der Waals surface area contributed by atoms with E-state index in [0.717, 1.165) is 25.3 Å². The molecule has 0 heterocycles. The van der Waals surface area contributed by atoms with Crippen molar-refractivity contribution >= 4 is 21.2 Å². The van der Waals surface area contributed by atoms with Crippen molar-refractivity contribution in [2.24, 2.45) is 5.41 Å². The summed E-state index contributed by atoms with van der Waals surface area (Å²) in [7, 11) is -4.89. The van der Waals surface area contributed by atoms with Crippen molar-refractivity contribution < 1.29 is 26.9 Å². The first-order chi connectivity index (χ1) is 12.2. The normalized spacial score (nSPS) is 24.2. The zero-order valence-corrected chi connectivity index (χ0v) is 15.0. The molecular formula is C16H20F2N2O5S. The summed E-state index contributed by atoms with van der Waals surface area (Å²) in [5.41, 5.74) is -0.451. The molecule has 2 unspecified atom stereocenters. The molecule has 26 heavy (non-hydrogen) atoms. The third kappa shape index (κ3) is 2.94. The van der Waals surface area contributed by atoms with Gasteiger partial charge in [-0.05, 0) is 38.3 Å². The summed E-state index contributed by atoms with van der Waals surface area (Å²) in [6, 6.07) is 2.83. The topological polar surface area (TPSA) is 98.5 Å². The van der Waals surface area contributed by atoms with Crippen molar-refractivity contribution in [2.45, 2.75) is 55.4 Å². The van der Waals surface area contributed by atoms with Crippen LogP contribution in [-0.4, -0.2) is 37.9 Å². The number of ether oxygens (including phenoxy) is 1. The number of rotatable bonds is 7. The average molecular weight is 390 g/mol. The highest BCUT2D eigenvalue weighted by Gasteiger charge is 2.59. The molecule has 7 nitrogen and oxygen atoms in total. The Morgan fingerprint density at radius 2 is 2.12 bits per heavy atom. The van der Waals surface area contributed by atoms with Crippen LogP contribution in [0.1, 0.15) is 32.6 Å². The number of hydrogen-bond donors (Lipinski definition) is 1. The van der Waals surface area contributed by atoms with Gasteiger partial charge in [-0.1, -0.05) is 6.42 Å². The van der Waals surface area contributed by atoms with Gasteiger partial charge in [-0.3, -0.25) is 10.1 Å². The molecule has 1 N–H and O–H groups in total. The molecule has 0 aliphatic heterocycles.